The zero-order valence-corrected chi connectivity index (χ0v) is 10.5. The summed E-state index contributed by atoms with van der Waals surface area (Å²) in [5.74, 6) is 2.54. The average Bonchev–Trinajstić information content (AvgIpc) is 2.94. The van der Waals surface area contributed by atoms with E-state index in [1.807, 2.05) is 0 Å². The molecule has 2 aliphatic rings. The zero-order valence-electron chi connectivity index (χ0n) is 10.5. The van der Waals surface area contributed by atoms with Gasteiger partial charge in [-0.1, -0.05) is 12.1 Å². The highest BCUT2D eigenvalue weighted by molar-refractivity contribution is 5.14. The quantitative estimate of drug-likeness (QED) is 0.867. The van der Waals surface area contributed by atoms with E-state index in [0.29, 0.717) is 0 Å². The van der Waals surface area contributed by atoms with Gasteiger partial charge in [0.25, 0.3) is 0 Å². The minimum atomic E-state index is 0.230. The molecular weight excluding hydrogens is 214 g/mol. The molecule has 94 valence electrons. The lowest BCUT2D eigenvalue weighted by Gasteiger charge is -2.21. The normalized spacial score (nSPS) is 27.0. The highest BCUT2D eigenvalue weighted by atomic mass is 16.5. The van der Waals surface area contributed by atoms with Crippen LogP contribution in [0, 0.1) is 5.92 Å². The van der Waals surface area contributed by atoms with Gasteiger partial charge in [-0.3, -0.25) is 0 Å². The van der Waals surface area contributed by atoms with Gasteiger partial charge in [0.05, 0.1) is 0 Å². The molecule has 1 aliphatic carbocycles. The van der Waals surface area contributed by atoms with Crippen molar-refractivity contribution in [1.82, 2.24) is 15.5 Å². The van der Waals surface area contributed by atoms with Crippen LogP contribution in [0.4, 0.5) is 0 Å². The van der Waals surface area contributed by atoms with E-state index in [0.717, 1.165) is 30.6 Å². The first-order valence-electron chi connectivity index (χ1n) is 6.80. The summed E-state index contributed by atoms with van der Waals surface area (Å²) >= 11 is 0. The maximum atomic E-state index is 5.34. The lowest BCUT2D eigenvalue weighted by molar-refractivity contribution is 0.325. The van der Waals surface area contributed by atoms with Gasteiger partial charge in [-0.05, 0) is 51.1 Å². The van der Waals surface area contributed by atoms with Gasteiger partial charge in [0.1, 0.15) is 0 Å². The minimum absolute atomic E-state index is 0.230. The maximum Gasteiger partial charge on any atom is 0.226 e. The lowest BCUT2D eigenvalue weighted by atomic mass is 9.95. The molecule has 1 aromatic rings. The van der Waals surface area contributed by atoms with Crippen LogP contribution >= 0.6 is 0 Å². The van der Waals surface area contributed by atoms with Gasteiger partial charge < -0.3 is 9.84 Å². The zero-order chi connectivity index (χ0) is 11.7. The maximum absolute atomic E-state index is 5.34. The fourth-order valence-electron chi connectivity index (χ4n) is 2.51. The molecule has 1 N–H and O–H groups in total. The predicted molar refractivity (Wildman–Crippen MR) is 64.8 cm³/mol. The van der Waals surface area contributed by atoms with Gasteiger partial charge in [0.2, 0.25) is 5.89 Å². The molecule has 3 rings (SSSR count). The number of rotatable bonds is 4. The number of hydrogen-bond acceptors (Lipinski definition) is 4. The van der Waals surface area contributed by atoms with Crippen molar-refractivity contribution in [3.8, 4) is 0 Å². The van der Waals surface area contributed by atoms with E-state index in [4.69, 9.17) is 4.52 Å². The van der Waals surface area contributed by atoms with Gasteiger partial charge in [-0.15, -0.1) is 0 Å². The average molecular weight is 235 g/mol. The van der Waals surface area contributed by atoms with Crippen molar-refractivity contribution in [2.75, 3.05) is 13.1 Å². The van der Waals surface area contributed by atoms with Crippen molar-refractivity contribution < 1.29 is 4.52 Å². The van der Waals surface area contributed by atoms with Crippen molar-refractivity contribution in [3.05, 3.63) is 11.7 Å². The number of aryl methyl sites for hydroxylation is 1. The molecule has 2 fully saturated rings. The molecule has 2 heterocycles. The van der Waals surface area contributed by atoms with Crippen LogP contribution in [0.2, 0.25) is 0 Å². The summed E-state index contributed by atoms with van der Waals surface area (Å²) in [4.78, 5) is 4.53. The van der Waals surface area contributed by atoms with Crippen LogP contribution < -0.4 is 5.32 Å². The molecule has 1 aromatic heterocycles. The van der Waals surface area contributed by atoms with Crippen molar-refractivity contribution >= 4 is 0 Å². The summed E-state index contributed by atoms with van der Waals surface area (Å²) in [5, 5.41) is 7.56. The van der Waals surface area contributed by atoms with Crippen LogP contribution in [0.5, 0.6) is 0 Å². The second-order valence-corrected chi connectivity index (χ2v) is 5.82. The van der Waals surface area contributed by atoms with E-state index in [1.54, 1.807) is 0 Å². The van der Waals surface area contributed by atoms with Crippen molar-refractivity contribution in [1.29, 1.82) is 0 Å². The third-order valence-electron chi connectivity index (χ3n) is 4.17. The smallest absolute Gasteiger partial charge is 0.226 e. The Bertz CT molecular complexity index is 378. The first-order chi connectivity index (χ1) is 8.26. The number of nitrogens with zero attached hydrogens (tertiary/aromatic N) is 2. The standard InChI is InChI=1S/C13H21N3O/c1-13(6-7-13)12-15-11(17-16-12)5-4-10-3-2-8-14-9-10/h10,14H,2-9H2,1H3. The van der Waals surface area contributed by atoms with Crippen molar-refractivity contribution in [2.24, 2.45) is 5.92 Å². The summed E-state index contributed by atoms with van der Waals surface area (Å²) in [7, 11) is 0. The molecule has 4 nitrogen and oxygen atoms in total. The number of hydrogen-bond donors (Lipinski definition) is 1. The molecule has 0 aromatic carbocycles. The fourth-order valence-corrected chi connectivity index (χ4v) is 2.51. The van der Waals surface area contributed by atoms with Gasteiger partial charge in [-0.2, -0.15) is 4.98 Å². The molecule has 1 unspecified atom stereocenters. The van der Waals surface area contributed by atoms with Gasteiger partial charge in [0.15, 0.2) is 5.82 Å². The Hall–Kier alpha value is -0.900. The second kappa shape index (κ2) is 4.41. The fraction of sp³-hybridized carbons (Fsp3) is 0.846. The molecule has 0 radical (unpaired) electrons. The molecule has 4 heteroatoms. The van der Waals surface area contributed by atoms with E-state index < -0.39 is 0 Å². The monoisotopic (exact) mass is 235 g/mol. The third kappa shape index (κ3) is 2.51. The predicted octanol–water partition coefficient (Wildman–Crippen LogP) is 2.05. The molecule has 1 atom stereocenters. The summed E-state index contributed by atoms with van der Waals surface area (Å²) in [6.07, 6.45) is 7.17. The van der Waals surface area contributed by atoms with Crippen LogP contribution in [0.15, 0.2) is 4.52 Å². The van der Waals surface area contributed by atoms with E-state index >= 15 is 0 Å². The van der Waals surface area contributed by atoms with Crippen molar-refractivity contribution in [2.45, 2.75) is 50.9 Å². The Kier molecular flexibility index (Phi) is 2.90. The highest BCUT2D eigenvalue weighted by Gasteiger charge is 2.43. The minimum Gasteiger partial charge on any atom is -0.339 e. The topological polar surface area (TPSA) is 51.0 Å². The number of piperidine rings is 1. The Morgan fingerprint density at radius 3 is 3.06 bits per heavy atom. The van der Waals surface area contributed by atoms with Crippen LogP contribution in [-0.4, -0.2) is 23.2 Å². The van der Waals surface area contributed by atoms with Crippen molar-refractivity contribution in [3.63, 3.8) is 0 Å². The van der Waals surface area contributed by atoms with Crippen LogP contribution in [0.3, 0.4) is 0 Å². The summed E-state index contributed by atoms with van der Waals surface area (Å²) in [5.41, 5.74) is 0.230. The lowest BCUT2D eigenvalue weighted by Crippen LogP contribution is -2.29. The van der Waals surface area contributed by atoms with Crippen LogP contribution in [0.1, 0.15) is 50.7 Å². The summed E-state index contributed by atoms with van der Waals surface area (Å²) in [6.45, 7) is 4.55. The largest absolute Gasteiger partial charge is 0.339 e. The first kappa shape index (κ1) is 11.2. The molecule has 17 heavy (non-hydrogen) atoms. The van der Waals surface area contributed by atoms with Gasteiger partial charge in [-0.25, -0.2) is 0 Å². The second-order valence-electron chi connectivity index (χ2n) is 5.82. The molecule has 1 saturated heterocycles. The molecule has 1 saturated carbocycles. The Balaban J connectivity index is 1.52. The Morgan fingerprint density at radius 1 is 1.47 bits per heavy atom. The summed E-state index contributed by atoms with van der Waals surface area (Å²) in [6, 6.07) is 0. The summed E-state index contributed by atoms with van der Waals surface area (Å²) < 4.78 is 5.34. The molecule has 0 spiro atoms. The van der Waals surface area contributed by atoms with Gasteiger partial charge in [0, 0.05) is 11.8 Å². The Morgan fingerprint density at radius 2 is 2.35 bits per heavy atom. The van der Waals surface area contributed by atoms with E-state index in [9.17, 15) is 0 Å². The number of aromatic nitrogens is 2. The van der Waals surface area contributed by atoms with Crippen LogP contribution in [0.25, 0.3) is 0 Å². The third-order valence-corrected chi connectivity index (χ3v) is 4.17. The molecule has 0 bridgehead atoms. The number of nitrogens with one attached hydrogen (secondary N) is 1. The molecule has 0 amide bonds. The van der Waals surface area contributed by atoms with E-state index in [-0.39, 0.29) is 5.41 Å². The van der Waals surface area contributed by atoms with E-state index in [1.165, 1.54) is 38.6 Å². The van der Waals surface area contributed by atoms with Crippen LogP contribution in [-0.2, 0) is 11.8 Å². The Labute approximate surface area is 102 Å². The highest BCUT2D eigenvalue weighted by Crippen LogP contribution is 2.45. The molecule has 1 aliphatic heterocycles. The SMILES string of the molecule is CC1(c2noc(CCC3CCCNC3)n2)CC1. The van der Waals surface area contributed by atoms with Gasteiger partial charge >= 0.3 is 0 Å². The van der Waals surface area contributed by atoms with E-state index in [2.05, 4.69) is 22.4 Å². The molecular formula is C13H21N3O. The first-order valence-corrected chi connectivity index (χ1v) is 6.80.